The van der Waals surface area contributed by atoms with E-state index < -0.39 is 0 Å². The summed E-state index contributed by atoms with van der Waals surface area (Å²) >= 11 is 0. The highest BCUT2D eigenvalue weighted by atomic mass is 16.5. The molecule has 0 saturated heterocycles. The van der Waals surface area contributed by atoms with Crippen molar-refractivity contribution in [3.05, 3.63) is 35.7 Å². The minimum Gasteiger partial charge on any atom is -0.369 e. The molecule has 0 saturated carbocycles. The van der Waals surface area contributed by atoms with Crippen LogP contribution in [0, 0.1) is 0 Å². The summed E-state index contributed by atoms with van der Waals surface area (Å²) in [5.41, 5.74) is 7.53. The lowest BCUT2D eigenvalue weighted by Crippen LogP contribution is -1.99. The molecule has 0 spiro atoms. The van der Waals surface area contributed by atoms with E-state index in [0.717, 1.165) is 11.1 Å². The molecule has 0 fully saturated rings. The van der Waals surface area contributed by atoms with E-state index in [4.69, 9.17) is 15.0 Å². The summed E-state index contributed by atoms with van der Waals surface area (Å²) < 4.78 is 10.6. The molecule has 0 amide bonds. The van der Waals surface area contributed by atoms with Gasteiger partial charge in [0.05, 0.1) is 0 Å². The lowest BCUT2D eigenvalue weighted by Gasteiger charge is -2.04. The Morgan fingerprint density at radius 2 is 2.06 bits per heavy atom. The number of hydrogen-bond donors (Lipinski definition) is 1. The zero-order chi connectivity index (χ0) is 13.0. The van der Waals surface area contributed by atoms with Gasteiger partial charge in [-0.05, 0) is 19.4 Å². The second-order valence-corrected chi connectivity index (χ2v) is 3.95. The van der Waals surface area contributed by atoms with Crippen LogP contribution in [0.1, 0.15) is 31.4 Å². The van der Waals surface area contributed by atoms with Crippen molar-refractivity contribution in [3.8, 4) is 11.4 Å². The molecule has 5 heteroatoms. The molecule has 2 N–H and O–H groups in total. The van der Waals surface area contributed by atoms with Crippen LogP contribution in [-0.4, -0.2) is 16.7 Å². The van der Waals surface area contributed by atoms with Gasteiger partial charge in [-0.2, -0.15) is 4.98 Å². The van der Waals surface area contributed by atoms with Crippen molar-refractivity contribution in [2.45, 2.75) is 26.5 Å². The van der Waals surface area contributed by atoms with Crippen LogP contribution in [-0.2, 0) is 11.3 Å². The van der Waals surface area contributed by atoms with Crippen LogP contribution in [0.4, 0.5) is 0 Å². The average molecular weight is 247 g/mol. The largest absolute Gasteiger partial charge is 0.369 e. The van der Waals surface area contributed by atoms with Gasteiger partial charge in [0.15, 0.2) is 0 Å². The van der Waals surface area contributed by atoms with Crippen molar-refractivity contribution < 1.29 is 9.26 Å². The monoisotopic (exact) mass is 247 g/mol. The van der Waals surface area contributed by atoms with Gasteiger partial charge in [0.2, 0.25) is 5.82 Å². The lowest BCUT2D eigenvalue weighted by atomic mass is 10.1. The SMILES string of the molecule is CCOC(C)c1nc(-c2ccc(CN)cc2)no1. The number of benzene rings is 1. The van der Waals surface area contributed by atoms with Crippen molar-refractivity contribution in [1.82, 2.24) is 10.1 Å². The van der Waals surface area contributed by atoms with Gasteiger partial charge in [-0.1, -0.05) is 29.4 Å². The highest BCUT2D eigenvalue weighted by molar-refractivity contribution is 5.54. The molecule has 0 radical (unpaired) electrons. The standard InChI is InChI=1S/C13H17N3O2/c1-3-17-9(2)13-15-12(16-18-13)11-6-4-10(8-14)5-7-11/h4-7,9H,3,8,14H2,1-2H3. The van der Waals surface area contributed by atoms with Gasteiger partial charge < -0.3 is 15.0 Å². The molecule has 1 aromatic heterocycles. The molecule has 2 aromatic rings. The predicted octanol–water partition coefficient (Wildman–Crippen LogP) is 2.29. The summed E-state index contributed by atoms with van der Waals surface area (Å²) in [5, 5.41) is 3.95. The summed E-state index contributed by atoms with van der Waals surface area (Å²) in [6.45, 7) is 4.96. The molecule has 18 heavy (non-hydrogen) atoms. The van der Waals surface area contributed by atoms with Crippen LogP contribution >= 0.6 is 0 Å². The fourth-order valence-electron chi connectivity index (χ4n) is 1.63. The Labute approximate surface area is 106 Å². The normalized spacial score (nSPS) is 12.6. The number of hydrogen-bond acceptors (Lipinski definition) is 5. The molecular formula is C13H17N3O2. The third-order valence-corrected chi connectivity index (χ3v) is 2.65. The van der Waals surface area contributed by atoms with E-state index in [2.05, 4.69) is 10.1 Å². The molecule has 2 rings (SSSR count). The maximum Gasteiger partial charge on any atom is 0.255 e. The lowest BCUT2D eigenvalue weighted by molar-refractivity contribution is 0.0519. The van der Waals surface area contributed by atoms with E-state index in [9.17, 15) is 0 Å². The minimum absolute atomic E-state index is 0.181. The van der Waals surface area contributed by atoms with Crippen molar-refractivity contribution in [2.24, 2.45) is 5.73 Å². The number of nitrogens with zero attached hydrogens (tertiary/aromatic N) is 2. The Kier molecular flexibility index (Phi) is 4.07. The molecule has 1 heterocycles. The van der Waals surface area contributed by atoms with E-state index in [1.807, 2.05) is 38.1 Å². The zero-order valence-corrected chi connectivity index (χ0v) is 10.6. The van der Waals surface area contributed by atoms with E-state index in [1.54, 1.807) is 0 Å². The summed E-state index contributed by atoms with van der Waals surface area (Å²) in [4.78, 5) is 4.32. The van der Waals surface area contributed by atoms with Gasteiger partial charge in [0.25, 0.3) is 5.89 Å². The molecule has 1 aromatic carbocycles. The first-order valence-electron chi connectivity index (χ1n) is 5.99. The molecule has 5 nitrogen and oxygen atoms in total. The molecule has 96 valence electrons. The third kappa shape index (κ3) is 2.75. The Morgan fingerprint density at radius 3 is 2.67 bits per heavy atom. The van der Waals surface area contributed by atoms with Gasteiger partial charge in [0, 0.05) is 18.7 Å². The van der Waals surface area contributed by atoms with Gasteiger partial charge in [-0.25, -0.2) is 0 Å². The first kappa shape index (κ1) is 12.7. The minimum atomic E-state index is -0.181. The van der Waals surface area contributed by atoms with E-state index in [0.29, 0.717) is 24.9 Å². The fraction of sp³-hybridized carbons (Fsp3) is 0.385. The smallest absolute Gasteiger partial charge is 0.255 e. The van der Waals surface area contributed by atoms with Crippen LogP contribution in [0.25, 0.3) is 11.4 Å². The summed E-state index contributed by atoms with van der Waals surface area (Å²) in [5.74, 6) is 1.06. The van der Waals surface area contributed by atoms with Gasteiger partial charge >= 0.3 is 0 Å². The Balaban J connectivity index is 2.18. The second-order valence-electron chi connectivity index (χ2n) is 3.95. The first-order chi connectivity index (χ1) is 8.74. The maximum absolute atomic E-state index is 5.55. The Bertz CT molecular complexity index is 493. The molecule has 0 aliphatic rings. The van der Waals surface area contributed by atoms with Crippen molar-refractivity contribution in [2.75, 3.05) is 6.61 Å². The summed E-state index contributed by atoms with van der Waals surface area (Å²) in [6, 6.07) is 7.78. The highest BCUT2D eigenvalue weighted by Crippen LogP contribution is 2.20. The molecule has 1 unspecified atom stereocenters. The first-order valence-corrected chi connectivity index (χ1v) is 5.99. The molecule has 0 aliphatic heterocycles. The van der Waals surface area contributed by atoms with Gasteiger partial charge in [-0.15, -0.1) is 0 Å². The molecule has 0 aliphatic carbocycles. The fourth-order valence-corrected chi connectivity index (χ4v) is 1.63. The Hall–Kier alpha value is -1.72. The van der Waals surface area contributed by atoms with Crippen molar-refractivity contribution >= 4 is 0 Å². The van der Waals surface area contributed by atoms with Crippen LogP contribution in [0.15, 0.2) is 28.8 Å². The van der Waals surface area contributed by atoms with Crippen LogP contribution < -0.4 is 5.73 Å². The van der Waals surface area contributed by atoms with Crippen LogP contribution in [0.2, 0.25) is 0 Å². The van der Waals surface area contributed by atoms with Crippen molar-refractivity contribution in [3.63, 3.8) is 0 Å². The number of nitrogens with two attached hydrogens (primary N) is 1. The predicted molar refractivity (Wildman–Crippen MR) is 67.7 cm³/mol. The van der Waals surface area contributed by atoms with Gasteiger partial charge in [-0.3, -0.25) is 0 Å². The van der Waals surface area contributed by atoms with E-state index in [1.165, 1.54) is 0 Å². The molecule has 0 bridgehead atoms. The van der Waals surface area contributed by atoms with Gasteiger partial charge in [0.1, 0.15) is 6.10 Å². The van der Waals surface area contributed by atoms with E-state index in [-0.39, 0.29) is 6.10 Å². The zero-order valence-electron chi connectivity index (χ0n) is 10.6. The third-order valence-electron chi connectivity index (χ3n) is 2.65. The van der Waals surface area contributed by atoms with E-state index >= 15 is 0 Å². The summed E-state index contributed by atoms with van der Waals surface area (Å²) in [6.07, 6.45) is -0.181. The molecule has 1 atom stereocenters. The number of aromatic nitrogens is 2. The van der Waals surface area contributed by atoms with Crippen LogP contribution in [0.3, 0.4) is 0 Å². The maximum atomic E-state index is 5.55. The highest BCUT2D eigenvalue weighted by Gasteiger charge is 2.14. The molecular weight excluding hydrogens is 230 g/mol. The second kappa shape index (κ2) is 5.75. The topological polar surface area (TPSA) is 74.2 Å². The average Bonchev–Trinajstić information content (AvgIpc) is 2.89. The quantitative estimate of drug-likeness (QED) is 0.877. The summed E-state index contributed by atoms with van der Waals surface area (Å²) in [7, 11) is 0. The Morgan fingerprint density at radius 1 is 1.33 bits per heavy atom. The number of ether oxygens (including phenoxy) is 1. The van der Waals surface area contributed by atoms with Crippen molar-refractivity contribution in [1.29, 1.82) is 0 Å². The number of rotatable bonds is 5. The van der Waals surface area contributed by atoms with Crippen LogP contribution in [0.5, 0.6) is 0 Å².